The molecule has 0 aromatic heterocycles. The fourth-order valence-corrected chi connectivity index (χ4v) is 2.84. The highest BCUT2D eigenvalue weighted by Gasteiger charge is 2.16. The maximum atomic E-state index is 12.3. The highest BCUT2D eigenvalue weighted by Crippen LogP contribution is 2.22. The molecule has 0 aliphatic heterocycles. The summed E-state index contributed by atoms with van der Waals surface area (Å²) in [4.78, 5) is 38.3. The minimum atomic E-state index is -0.791. The van der Waals surface area contributed by atoms with E-state index in [2.05, 4.69) is 29.4 Å². The Morgan fingerprint density at radius 2 is 1.52 bits per heavy atom. The summed E-state index contributed by atoms with van der Waals surface area (Å²) < 4.78 is 4.91. The predicted molar refractivity (Wildman–Crippen MR) is 114 cm³/mol. The Hall–Kier alpha value is -3.35. The molecular weight excluding hydrogens is 370 g/mol. The number of aryl methyl sites for hydroxylation is 1. The van der Waals surface area contributed by atoms with Gasteiger partial charge in [-0.3, -0.25) is 9.59 Å². The number of ether oxygens (including phenoxy) is 1. The van der Waals surface area contributed by atoms with E-state index in [0.717, 1.165) is 24.3 Å². The maximum absolute atomic E-state index is 12.3. The Labute approximate surface area is 171 Å². The molecule has 2 N–H and O–H groups in total. The first-order valence-corrected chi connectivity index (χ1v) is 9.64. The van der Waals surface area contributed by atoms with E-state index >= 15 is 0 Å². The van der Waals surface area contributed by atoms with Gasteiger partial charge in [-0.25, -0.2) is 4.79 Å². The van der Waals surface area contributed by atoms with E-state index in [-0.39, 0.29) is 6.61 Å². The Balaban J connectivity index is 2.00. The molecule has 0 atom stereocenters. The Morgan fingerprint density at radius 3 is 2.07 bits per heavy atom. The van der Waals surface area contributed by atoms with E-state index in [1.54, 1.807) is 25.1 Å². The average Bonchev–Trinajstić information content (AvgIpc) is 2.71. The normalized spacial score (nSPS) is 10.2. The summed E-state index contributed by atoms with van der Waals surface area (Å²) in [7, 11) is 0. The molecule has 7 nitrogen and oxygen atoms in total. The zero-order valence-electron chi connectivity index (χ0n) is 17.2. The minimum absolute atomic E-state index is 0.285. The number of hydrogen-bond acceptors (Lipinski definition) is 5. The molecule has 7 heteroatoms. The average molecular weight is 397 g/mol. The van der Waals surface area contributed by atoms with Crippen LogP contribution in [-0.2, 0) is 14.3 Å². The number of nitrogens with zero attached hydrogens (tertiary/aromatic N) is 1. The second-order valence-electron chi connectivity index (χ2n) is 6.38. The number of amides is 2. The van der Waals surface area contributed by atoms with Crippen LogP contribution in [0.1, 0.15) is 36.7 Å². The van der Waals surface area contributed by atoms with Crippen LogP contribution in [0.25, 0.3) is 0 Å². The van der Waals surface area contributed by atoms with Gasteiger partial charge in [-0.2, -0.15) is 0 Å². The number of nitrogens with one attached hydrogen (secondary N) is 2. The summed E-state index contributed by atoms with van der Waals surface area (Å²) in [6, 6.07) is 11.8. The van der Waals surface area contributed by atoms with Gasteiger partial charge in [0.1, 0.15) is 0 Å². The van der Waals surface area contributed by atoms with Gasteiger partial charge in [0.05, 0.1) is 12.2 Å². The monoisotopic (exact) mass is 397 g/mol. The molecule has 0 radical (unpaired) electrons. The largest absolute Gasteiger partial charge is 0.462 e. The third-order valence-electron chi connectivity index (χ3n) is 4.45. The first-order valence-electron chi connectivity index (χ1n) is 9.64. The Morgan fingerprint density at radius 1 is 0.897 bits per heavy atom. The SMILES string of the molecule is CCOC(=O)c1ccc(NC(=O)C(=O)Nc2ccc(N(CC)CC)cc2C)cc1. The molecule has 0 heterocycles. The molecule has 0 saturated heterocycles. The highest BCUT2D eigenvalue weighted by atomic mass is 16.5. The van der Waals surface area contributed by atoms with Gasteiger partial charge in [0, 0.05) is 30.2 Å². The summed E-state index contributed by atoms with van der Waals surface area (Å²) in [6.07, 6.45) is 0. The number of anilines is 3. The lowest BCUT2D eigenvalue weighted by atomic mass is 10.1. The summed E-state index contributed by atoms with van der Waals surface area (Å²) >= 11 is 0. The van der Waals surface area contributed by atoms with E-state index in [1.165, 1.54) is 12.1 Å². The highest BCUT2D eigenvalue weighted by molar-refractivity contribution is 6.43. The molecule has 0 fully saturated rings. The van der Waals surface area contributed by atoms with Crippen LogP contribution >= 0.6 is 0 Å². The van der Waals surface area contributed by atoms with E-state index < -0.39 is 17.8 Å². The van der Waals surface area contributed by atoms with Crippen molar-refractivity contribution < 1.29 is 19.1 Å². The van der Waals surface area contributed by atoms with Gasteiger partial charge in [0.2, 0.25) is 0 Å². The first kappa shape index (κ1) is 21.9. The summed E-state index contributed by atoms with van der Waals surface area (Å²) in [5.74, 6) is -1.99. The summed E-state index contributed by atoms with van der Waals surface area (Å²) in [6.45, 7) is 9.83. The molecule has 29 heavy (non-hydrogen) atoms. The van der Waals surface area contributed by atoms with Crippen molar-refractivity contribution in [2.45, 2.75) is 27.7 Å². The fraction of sp³-hybridized carbons (Fsp3) is 0.318. The lowest BCUT2D eigenvalue weighted by Crippen LogP contribution is -2.29. The zero-order valence-corrected chi connectivity index (χ0v) is 17.2. The number of hydrogen-bond donors (Lipinski definition) is 2. The van der Waals surface area contributed by atoms with Gasteiger partial charge in [-0.1, -0.05) is 0 Å². The molecule has 2 aromatic rings. The van der Waals surface area contributed by atoms with Crippen molar-refractivity contribution in [2.75, 3.05) is 35.2 Å². The third kappa shape index (κ3) is 5.81. The molecule has 0 unspecified atom stereocenters. The van der Waals surface area contributed by atoms with Crippen LogP contribution in [0.5, 0.6) is 0 Å². The molecular formula is C22H27N3O4. The van der Waals surface area contributed by atoms with Crippen molar-refractivity contribution >= 4 is 34.8 Å². The zero-order chi connectivity index (χ0) is 21.4. The topological polar surface area (TPSA) is 87.7 Å². The third-order valence-corrected chi connectivity index (χ3v) is 4.45. The van der Waals surface area contributed by atoms with Gasteiger partial charge >= 0.3 is 17.8 Å². The van der Waals surface area contributed by atoms with Crippen molar-refractivity contribution in [3.05, 3.63) is 53.6 Å². The van der Waals surface area contributed by atoms with Crippen molar-refractivity contribution in [1.29, 1.82) is 0 Å². The molecule has 0 bridgehead atoms. The van der Waals surface area contributed by atoms with Crippen LogP contribution in [0, 0.1) is 6.92 Å². The van der Waals surface area contributed by atoms with Crippen molar-refractivity contribution in [3.8, 4) is 0 Å². The molecule has 2 amide bonds. The van der Waals surface area contributed by atoms with E-state index in [0.29, 0.717) is 16.9 Å². The maximum Gasteiger partial charge on any atom is 0.338 e. The van der Waals surface area contributed by atoms with Crippen LogP contribution in [0.3, 0.4) is 0 Å². The number of carbonyl (C=O) groups excluding carboxylic acids is 3. The van der Waals surface area contributed by atoms with Crippen LogP contribution in [0.2, 0.25) is 0 Å². The number of rotatable bonds is 7. The fourth-order valence-electron chi connectivity index (χ4n) is 2.84. The second kappa shape index (κ2) is 10.3. The van der Waals surface area contributed by atoms with Crippen molar-refractivity contribution in [2.24, 2.45) is 0 Å². The Kier molecular flexibility index (Phi) is 7.77. The van der Waals surface area contributed by atoms with Gasteiger partial charge in [-0.05, 0) is 75.7 Å². The second-order valence-corrected chi connectivity index (χ2v) is 6.38. The van der Waals surface area contributed by atoms with Gasteiger partial charge < -0.3 is 20.3 Å². The van der Waals surface area contributed by atoms with Crippen LogP contribution < -0.4 is 15.5 Å². The Bertz CT molecular complexity index is 874. The molecule has 0 aliphatic carbocycles. The predicted octanol–water partition coefficient (Wildman–Crippen LogP) is 3.60. The van der Waals surface area contributed by atoms with Gasteiger partial charge in [0.15, 0.2) is 0 Å². The van der Waals surface area contributed by atoms with Crippen LogP contribution in [0.15, 0.2) is 42.5 Å². The quantitative estimate of drug-likeness (QED) is 0.551. The van der Waals surface area contributed by atoms with Crippen LogP contribution in [-0.4, -0.2) is 37.5 Å². The smallest absolute Gasteiger partial charge is 0.338 e. The summed E-state index contributed by atoms with van der Waals surface area (Å²) in [5.41, 5.74) is 3.30. The molecule has 0 aliphatic rings. The van der Waals surface area contributed by atoms with Gasteiger partial charge in [0.25, 0.3) is 0 Å². The minimum Gasteiger partial charge on any atom is -0.462 e. The van der Waals surface area contributed by atoms with E-state index in [9.17, 15) is 14.4 Å². The molecule has 2 aromatic carbocycles. The van der Waals surface area contributed by atoms with Crippen molar-refractivity contribution in [1.82, 2.24) is 0 Å². The lowest BCUT2D eigenvalue weighted by Gasteiger charge is -2.22. The molecule has 0 saturated carbocycles. The molecule has 2 rings (SSSR count). The van der Waals surface area contributed by atoms with Crippen LogP contribution in [0.4, 0.5) is 17.1 Å². The molecule has 0 spiro atoms. The standard InChI is InChI=1S/C22H27N3O4/c1-5-25(6-2)18-12-13-19(15(4)14-18)24-21(27)20(26)23-17-10-8-16(9-11-17)22(28)29-7-3/h8-14H,5-7H2,1-4H3,(H,23,26)(H,24,27). The first-order chi connectivity index (χ1) is 13.9. The lowest BCUT2D eigenvalue weighted by molar-refractivity contribution is -0.133. The number of esters is 1. The molecule has 154 valence electrons. The van der Waals surface area contributed by atoms with Crippen molar-refractivity contribution in [3.63, 3.8) is 0 Å². The van der Waals surface area contributed by atoms with Gasteiger partial charge in [-0.15, -0.1) is 0 Å². The van der Waals surface area contributed by atoms with E-state index in [4.69, 9.17) is 4.74 Å². The van der Waals surface area contributed by atoms with E-state index in [1.807, 2.05) is 19.1 Å². The number of benzene rings is 2. The summed E-state index contributed by atoms with van der Waals surface area (Å²) in [5, 5.41) is 5.15. The number of carbonyl (C=O) groups is 3.